The Bertz CT molecular complexity index is 1150. The molecule has 0 saturated carbocycles. The summed E-state index contributed by atoms with van der Waals surface area (Å²) in [6.45, 7) is 3.22. The number of aldehydes is 1. The van der Waals surface area contributed by atoms with Crippen molar-refractivity contribution in [2.24, 2.45) is 5.41 Å². The molecule has 0 amide bonds. The molecule has 0 unspecified atom stereocenters. The van der Waals surface area contributed by atoms with Crippen LogP contribution in [0.25, 0.3) is 0 Å². The van der Waals surface area contributed by atoms with Crippen molar-refractivity contribution >= 4 is 37.7 Å². The Labute approximate surface area is 184 Å². The van der Waals surface area contributed by atoms with Gasteiger partial charge in [0.2, 0.25) is 10.0 Å². The summed E-state index contributed by atoms with van der Waals surface area (Å²) in [5, 5.41) is 0. The zero-order valence-corrected chi connectivity index (χ0v) is 19.4. The number of nitrogens with zero attached hydrogens (tertiary/aromatic N) is 2. The molecule has 1 fully saturated rings. The van der Waals surface area contributed by atoms with Crippen LogP contribution in [0.2, 0.25) is 0 Å². The molecule has 1 N–H and O–H groups in total. The van der Waals surface area contributed by atoms with Gasteiger partial charge in [0.15, 0.2) is 0 Å². The van der Waals surface area contributed by atoms with Gasteiger partial charge in [-0.05, 0) is 49.2 Å². The van der Waals surface area contributed by atoms with Crippen molar-refractivity contribution in [1.29, 1.82) is 0 Å². The number of nitrogens with one attached hydrogen (secondary N) is 1. The van der Waals surface area contributed by atoms with Gasteiger partial charge in [0.05, 0.1) is 21.2 Å². The summed E-state index contributed by atoms with van der Waals surface area (Å²) in [6.07, 6.45) is 2.39. The minimum atomic E-state index is -3.93. The van der Waals surface area contributed by atoms with Crippen molar-refractivity contribution < 1.29 is 21.6 Å². The van der Waals surface area contributed by atoms with Crippen LogP contribution in [-0.2, 0) is 24.8 Å². The number of piperidine rings is 1. The molecular weight excluding hydrogens is 438 g/mol. The maximum absolute atomic E-state index is 12.9. The normalized spacial score (nSPS) is 16.8. The fourth-order valence-corrected chi connectivity index (χ4v) is 5.39. The Balaban J connectivity index is 1.84. The van der Waals surface area contributed by atoms with E-state index < -0.39 is 20.0 Å². The maximum Gasteiger partial charge on any atom is 0.261 e. The summed E-state index contributed by atoms with van der Waals surface area (Å²) in [6, 6.07) is 12.2. The first-order valence-corrected chi connectivity index (χ1v) is 12.8. The van der Waals surface area contributed by atoms with Gasteiger partial charge in [0, 0.05) is 32.6 Å². The SMILES string of the molecule is CN(C)S(=O)(=O)c1ccc(S(=O)(=O)Nc2ccccc2N2CCC(C)(C=O)CC2)cc1. The Morgan fingerprint density at radius 1 is 0.935 bits per heavy atom. The van der Waals surface area contributed by atoms with Crippen molar-refractivity contribution in [3.8, 4) is 0 Å². The molecule has 0 bridgehead atoms. The van der Waals surface area contributed by atoms with Crippen LogP contribution < -0.4 is 9.62 Å². The highest BCUT2D eigenvalue weighted by Gasteiger charge is 2.30. The van der Waals surface area contributed by atoms with Crippen molar-refractivity contribution in [3.05, 3.63) is 48.5 Å². The standard InChI is InChI=1S/C21H27N3O5S2/c1-21(16-25)12-14-24(15-13-21)20-7-5-4-6-19(20)22-30(26,27)17-8-10-18(11-9-17)31(28,29)23(2)3/h4-11,16,22H,12-15H2,1-3H3. The second-order valence-corrected chi connectivity index (χ2v) is 12.0. The van der Waals surface area contributed by atoms with E-state index in [0.29, 0.717) is 31.6 Å². The highest BCUT2D eigenvalue weighted by molar-refractivity contribution is 7.92. The Morgan fingerprint density at radius 2 is 1.48 bits per heavy atom. The molecule has 0 atom stereocenters. The fourth-order valence-electron chi connectivity index (χ4n) is 3.42. The van der Waals surface area contributed by atoms with Crippen molar-refractivity contribution in [1.82, 2.24) is 4.31 Å². The lowest BCUT2D eigenvalue weighted by molar-refractivity contribution is -0.116. The van der Waals surface area contributed by atoms with Gasteiger partial charge in [0.25, 0.3) is 10.0 Å². The topological polar surface area (TPSA) is 104 Å². The van der Waals surface area contributed by atoms with Crippen LogP contribution in [0, 0.1) is 5.41 Å². The molecule has 0 radical (unpaired) electrons. The van der Waals surface area contributed by atoms with Gasteiger partial charge in [-0.1, -0.05) is 19.1 Å². The van der Waals surface area contributed by atoms with Gasteiger partial charge in [-0.15, -0.1) is 0 Å². The van der Waals surface area contributed by atoms with Crippen LogP contribution >= 0.6 is 0 Å². The highest BCUT2D eigenvalue weighted by atomic mass is 32.2. The van der Waals surface area contributed by atoms with E-state index in [0.717, 1.165) is 16.3 Å². The quantitative estimate of drug-likeness (QED) is 0.630. The van der Waals surface area contributed by atoms with Gasteiger partial charge >= 0.3 is 0 Å². The lowest BCUT2D eigenvalue weighted by atomic mass is 9.82. The van der Waals surface area contributed by atoms with Crippen LogP contribution in [0.5, 0.6) is 0 Å². The zero-order valence-electron chi connectivity index (χ0n) is 17.8. The third-order valence-corrected chi connectivity index (χ3v) is 8.80. The second-order valence-electron chi connectivity index (χ2n) is 8.14. The van der Waals surface area contributed by atoms with Crippen LogP contribution in [0.4, 0.5) is 11.4 Å². The summed E-state index contributed by atoms with van der Waals surface area (Å²) >= 11 is 0. The van der Waals surface area contributed by atoms with E-state index in [-0.39, 0.29) is 15.2 Å². The van der Waals surface area contributed by atoms with E-state index in [2.05, 4.69) is 9.62 Å². The fraction of sp³-hybridized carbons (Fsp3) is 0.381. The number of benzene rings is 2. The average molecular weight is 466 g/mol. The predicted molar refractivity (Wildman–Crippen MR) is 120 cm³/mol. The average Bonchev–Trinajstić information content (AvgIpc) is 2.74. The van der Waals surface area contributed by atoms with Crippen molar-refractivity contribution in [2.45, 2.75) is 29.6 Å². The third-order valence-electron chi connectivity index (χ3n) is 5.59. The molecule has 3 rings (SSSR count). The van der Waals surface area contributed by atoms with E-state index in [1.165, 1.54) is 38.4 Å². The number of hydrogen-bond acceptors (Lipinski definition) is 6. The number of carbonyl (C=O) groups excluding carboxylic acids is 1. The molecule has 168 valence electrons. The first-order chi connectivity index (χ1) is 14.5. The molecule has 1 aliphatic heterocycles. The number of anilines is 2. The van der Waals surface area contributed by atoms with Gasteiger partial charge in [-0.2, -0.15) is 0 Å². The van der Waals surface area contributed by atoms with Gasteiger partial charge < -0.3 is 9.69 Å². The molecule has 1 saturated heterocycles. The van der Waals surface area contributed by atoms with Crippen LogP contribution in [0.3, 0.4) is 0 Å². The lowest BCUT2D eigenvalue weighted by Gasteiger charge is -2.38. The zero-order chi connectivity index (χ0) is 22.9. The van der Waals surface area contributed by atoms with Crippen molar-refractivity contribution in [2.75, 3.05) is 36.8 Å². The Kier molecular flexibility index (Phi) is 6.45. The highest BCUT2D eigenvalue weighted by Crippen LogP contribution is 2.35. The van der Waals surface area contributed by atoms with Gasteiger partial charge in [-0.3, -0.25) is 4.72 Å². The third kappa shape index (κ3) is 4.91. The molecule has 1 heterocycles. The summed E-state index contributed by atoms with van der Waals surface area (Å²) in [5.41, 5.74) is 0.826. The summed E-state index contributed by atoms with van der Waals surface area (Å²) < 4.78 is 54.0. The van der Waals surface area contributed by atoms with E-state index in [4.69, 9.17) is 0 Å². The monoisotopic (exact) mass is 465 g/mol. The number of para-hydroxylation sites is 2. The predicted octanol–water partition coefficient (Wildman–Crippen LogP) is 2.54. The molecule has 1 aliphatic rings. The molecule has 8 nitrogen and oxygen atoms in total. The molecular formula is C21H27N3O5S2. The van der Waals surface area contributed by atoms with Crippen LogP contribution in [0.15, 0.2) is 58.3 Å². The van der Waals surface area contributed by atoms with E-state index in [1.54, 1.807) is 12.1 Å². The first kappa shape index (κ1) is 23.2. The Hall–Kier alpha value is -2.43. The first-order valence-electron chi connectivity index (χ1n) is 9.84. The van der Waals surface area contributed by atoms with Crippen LogP contribution in [0.1, 0.15) is 19.8 Å². The van der Waals surface area contributed by atoms with Gasteiger partial charge in [0.1, 0.15) is 6.29 Å². The number of sulfonamides is 2. The lowest BCUT2D eigenvalue weighted by Crippen LogP contribution is -2.39. The molecule has 10 heteroatoms. The number of hydrogen-bond donors (Lipinski definition) is 1. The molecule has 0 aliphatic carbocycles. The summed E-state index contributed by atoms with van der Waals surface area (Å²) in [7, 11) is -4.74. The van der Waals surface area contributed by atoms with E-state index in [9.17, 15) is 21.6 Å². The van der Waals surface area contributed by atoms with E-state index >= 15 is 0 Å². The molecule has 2 aromatic carbocycles. The maximum atomic E-state index is 12.9. The number of rotatable bonds is 7. The largest absolute Gasteiger partial charge is 0.370 e. The summed E-state index contributed by atoms with van der Waals surface area (Å²) in [4.78, 5) is 13.4. The molecule has 0 spiro atoms. The smallest absolute Gasteiger partial charge is 0.261 e. The van der Waals surface area contributed by atoms with Crippen molar-refractivity contribution in [3.63, 3.8) is 0 Å². The second kappa shape index (κ2) is 8.60. The summed E-state index contributed by atoms with van der Waals surface area (Å²) in [5.74, 6) is 0. The molecule has 0 aromatic heterocycles. The van der Waals surface area contributed by atoms with Crippen LogP contribution in [-0.4, -0.2) is 54.6 Å². The Morgan fingerprint density at radius 3 is 2.03 bits per heavy atom. The molecule has 2 aromatic rings. The van der Waals surface area contributed by atoms with Gasteiger partial charge in [-0.25, -0.2) is 21.1 Å². The number of carbonyl (C=O) groups is 1. The molecule has 31 heavy (non-hydrogen) atoms. The minimum Gasteiger partial charge on any atom is -0.370 e. The minimum absolute atomic E-state index is 0.0170. The van der Waals surface area contributed by atoms with E-state index in [1.807, 2.05) is 19.1 Å².